The molecule has 2 aromatic carbocycles. The molecule has 0 unspecified atom stereocenters. The molecule has 2 rings (SSSR count). The Bertz CT molecular complexity index is 635. The molecule has 2 aromatic rings. The number of nitrogens with one attached hydrogen (secondary N) is 1. The average molecular weight is 279 g/mol. The first-order valence-electron chi connectivity index (χ1n) is 5.92. The van der Waals surface area contributed by atoms with Gasteiger partial charge in [0.05, 0.1) is 11.3 Å². The van der Waals surface area contributed by atoms with Gasteiger partial charge < -0.3 is 5.32 Å². The number of hydrogen-bond acceptors (Lipinski definition) is 1. The van der Waals surface area contributed by atoms with Gasteiger partial charge in [-0.2, -0.15) is 13.2 Å². The number of para-hydroxylation sites is 1. The first-order chi connectivity index (χ1) is 9.38. The van der Waals surface area contributed by atoms with Crippen molar-refractivity contribution < 1.29 is 18.0 Å². The summed E-state index contributed by atoms with van der Waals surface area (Å²) >= 11 is 0. The third kappa shape index (κ3) is 3.17. The second-order valence-corrected chi connectivity index (χ2v) is 4.37. The predicted octanol–water partition coefficient (Wildman–Crippen LogP) is 4.27. The quantitative estimate of drug-likeness (QED) is 0.874. The van der Waals surface area contributed by atoms with Crippen LogP contribution in [0.1, 0.15) is 21.5 Å². The summed E-state index contributed by atoms with van der Waals surface area (Å²) in [7, 11) is 0. The molecule has 1 N–H and O–H groups in total. The van der Waals surface area contributed by atoms with Gasteiger partial charge in [0.15, 0.2) is 0 Å². The molecule has 0 atom stereocenters. The Morgan fingerprint density at radius 1 is 1.05 bits per heavy atom. The minimum absolute atomic E-state index is 0.244. The number of rotatable bonds is 2. The van der Waals surface area contributed by atoms with Crippen LogP contribution in [0.25, 0.3) is 0 Å². The van der Waals surface area contributed by atoms with E-state index in [9.17, 15) is 18.0 Å². The molecule has 0 heterocycles. The summed E-state index contributed by atoms with van der Waals surface area (Å²) in [5.74, 6) is -0.564. The monoisotopic (exact) mass is 279 g/mol. The van der Waals surface area contributed by atoms with Gasteiger partial charge in [-0.05, 0) is 31.2 Å². The molecule has 0 aliphatic rings. The fourth-order valence-electron chi connectivity index (χ4n) is 1.82. The van der Waals surface area contributed by atoms with Crippen LogP contribution in [0.2, 0.25) is 0 Å². The van der Waals surface area contributed by atoms with E-state index in [4.69, 9.17) is 0 Å². The molecule has 0 spiro atoms. The highest BCUT2D eigenvalue weighted by Crippen LogP contribution is 2.34. The summed E-state index contributed by atoms with van der Waals surface area (Å²) in [5.41, 5.74) is 0.0799. The molecule has 5 heteroatoms. The van der Waals surface area contributed by atoms with Crippen molar-refractivity contribution in [3.8, 4) is 0 Å². The van der Waals surface area contributed by atoms with Crippen LogP contribution in [0.5, 0.6) is 0 Å². The van der Waals surface area contributed by atoms with Crippen molar-refractivity contribution in [2.24, 2.45) is 0 Å². The Kier molecular flexibility index (Phi) is 3.79. The molecule has 0 radical (unpaired) electrons. The van der Waals surface area contributed by atoms with Crippen LogP contribution in [0.3, 0.4) is 0 Å². The maximum atomic E-state index is 12.8. The van der Waals surface area contributed by atoms with E-state index in [1.807, 2.05) is 0 Å². The van der Waals surface area contributed by atoms with E-state index >= 15 is 0 Å². The van der Waals surface area contributed by atoms with E-state index in [1.54, 1.807) is 31.2 Å². The Morgan fingerprint density at radius 2 is 1.75 bits per heavy atom. The van der Waals surface area contributed by atoms with Crippen molar-refractivity contribution in [1.82, 2.24) is 0 Å². The molecule has 104 valence electrons. The number of anilines is 1. The largest absolute Gasteiger partial charge is 0.418 e. The number of halogens is 3. The molecule has 0 fully saturated rings. The summed E-state index contributed by atoms with van der Waals surface area (Å²) in [4.78, 5) is 12.0. The predicted molar refractivity (Wildman–Crippen MR) is 70.6 cm³/mol. The maximum Gasteiger partial charge on any atom is 0.418 e. The van der Waals surface area contributed by atoms with Crippen molar-refractivity contribution in [1.29, 1.82) is 0 Å². The van der Waals surface area contributed by atoms with Crippen LogP contribution in [-0.2, 0) is 6.18 Å². The minimum atomic E-state index is -4.50. The zero-order valence-corrected chi connectivity index (χ0v) is 10.7. The first kappa shape index (κ1) is 14.1. The van der Waals surface area contributed by atoms with Crippen molar-refractivity contribution in [2.75, 3.05) is 5.32 Å². The number of amides is 1. The maximum absolute atomic E-state index is 12.8. The molecule has 0 saturated carbocycles. The van der Waals surface area contributed by atoms with Crippen LogP contribution in [0.4, 0.5) is 18.9 Å². The van der Waals surface area contributed by atoms with E-state index in [-0.39, 0.29) is 5.69 Å². The van der Waals surface area contributed by atoms with Gasteiger partial charge in [-0.25, -0.2) is 0 Å². The lowest BCUT2D eigenvalue weighted by molar-refractivity contribution is -0.136. The van der Waals surface area contributed by atoms with Crippen molar-refractivity contribution in [3.63, 3.8) is 0 Å². The highest BCUT2D eigenvalue weighted by molar-refractivity contribution is 6.04. The van der Waals surface area contributed by atoms with Crippen LogP contribution in [0, 0.1) is 6.92 Å². The Morgan fingerprint density at radius 3 is 2.40 bits per heavy atom. The zero-order chi connectivity index (χ0) is 14.8. The summed E-state index contributed by atoms with van der Waals surface area (Å²) in [6.07, 6.45) is -4.50. The molecular formula is C15H12F3NO. The molecule has 20 heavy (non-hydrogen) atoms. The lowest BCUT2D eigenvalue weighted by Gasteiger charge is -2.13. The molecule has 0 aliphatic carbocycles. The molecule has 2 nitrogen and oxygen atoms in total. The molecule has 0 aromatic heterocycles. The van der Waals surface area contributed by atoms with Gasteiger partial charge >= 0.3 is 6.18 Å². The van der Waals surface area contributed by atoms with Gasteiger partial charge in [0.25, 0.3) is 5.91 Å². The van der Waals surface area contributed by atoms with Crippen molar-refractivity contribution in [3.05, 3.63) is 65.2 Å². The van der Waals surface area contributed by atoms with Gasteiger partial charge in [-0.3, -0.25) is 4.79 Å². The second-order valence-electron chi connectivity index (χ2n) is 4.37. The van der Waals surface area contributed by atoms with Crippen LogP contribution >= 0.6 is 0 Å². The smallest absolute Gasteiger partial charge is 0.321 e. The molecule has 0 saturated heterocycles. The van der Waals surface area contributed by atoms with E-state index in [0.29, 0.717) is 5.56 Å². The third-order valence-electron chi connectivity index (χ3n) is 2.76. The summed E-state index contributed by atoms with van der Waals surface area (Å²) in [6.45, 7) is 1.81. The molecular weight excluding hydrogens is 267 g/mol. The van der Waals surface area contributed by atoms with Gasteiger partial charge in [-0.15, -0.1) is 0 Å². The van der Waals surface area contributed by atoms with Crippen LogP contribution in [0.15, 0.2) is 48.5 Å². The van der Waals surface area contributed by atoms with E-state index in [2.05, 4.69) is 5.32 Å². The normalized spacial score (nSPS) is 11.2. The Labute approximate surface area is 114 Å². The van der Waals surface area contributed by atoms with E-state index in [1.165, 1.54) is 18.2 Å². The summed E-state index contributed by atoms with van der Waals surface area (Å²) in [5, 5.41) is 2.30. The number of carbonyl (C=O) groups is 1. The van der Waals surface area contributed by atoms with Gasteiger partial charge in [-0.1, -0.05) is 29.8 Å². The first-order valence-corrected chi connectivity index (χ1v) is 5.92. The summed E-state index contributed by atoms with van der Waals surface area (Å²) in [6, 6.07) is 11.6. The highest BCUT2D eigenvalue weighted by atomic mass is 19.4. The number of alkyl halides is 3. The van der Waals surface area contributed by atoms with E-state index < -0.39 is 17.6 Å². The lowest BCUT2D eigenvalue weighted by Crippen LogP contribution is -2.16. The fourth-order valence-corrected chi connectivity index (χ4v) is 1.82. The SMILES string of the molecule is Cc1cccc(C(=O)Nc2ccccc2C(F)(F)F)c1. The highest BCUT2D eigenvalue weighted by Gasteiger charge is 2.33. The van der Waals surface area contributed by atoms with E-state index in [0.717, 1.165) is 11.6 Å². The van der Waals surface area contributed by atoms with Crippen LogP contribution in [-0.4, -0.2) is 5.91 Å². The number of benzene rings is 2. The number of hydrogen-bond donors (Lipinski definition) is 1. The van der Waals surface area contributed by atoms with Crippen molar-refractivity contribution >= 4 is 11.6 Å². The summed E-state index contributed by atoms with van der Waals surface area (Å²) < 4.78 is 38.4. The third-order valence-corrected chi connectivity index (χ3v) is 2.76. The average Bonchev–Trinajstić information content (AvgIpc) is 2.38. The topological polar surface area (TPSA) is 29.1 Å². The van der Waals surface area contributed by atoms with Crippen LogP contribution < -0.4 is 5.32 Å². The van der Waals surface area contributed by atoms with Gasteiger partial charge in [0, 0.05) is 5.56 Å². The zero-order valence-electron chi connectivity index (χ0n) is 10.7. The lowest BCUT2D eigenvalue weighted by atomic mass is 10.1. The standard InChI is InChI=1S/C15H12F3NO/c1-10-5-4-6-11(9-10)14(20)19-13-8-3-2-7-12(13)15(16,17)18/h2-9H,1H3,(H,19,20). The molecule has 0 aliphatic heterocycles. The van der Waals surface area contributed by atoms with Gasteiger partial charge in [0.1, 0.15) is 0 Å². The number of aryl methyl sites for hydroxylation is 1. The Hall–Kier alpha value is -2.30. The minimum Gasteiger partial charge on any atom is -0.321 e. The van der Waals surface area contributed by atoms with Crippen molar-refractivity contribution in [2.45, 2.75) is 13.1 Å². The molecule has 1 amide bonds. The second kappa shape index (κ2) is 5.36. The van der Waals surface area contributed by atoms with Gasteiger partial charge in [0.2, 0.25) is 0 Å². The Balaban J connectivity index is 2.29. The number of carbonyl (C=O) groups excluding carboxylic acids is 1. The fraction of sp³-hybridized carbons (Fsp3) is 0.133. The molecule has 0 bridgehead atoms.